The lowest BCUT2D eigenvalue weighted by Gasteiger charge is -2.05. The van der Waals surface area contributed by atoms with E-state index in [1.807, 2.05) is 42.5 Å². The largest absolute Gasteiger partial charge is 0.457 e. The molecule has 1 nitrogen and oxygen atoms in total. The Labute approximate surface area is 102 Å². The Kier molecular flexibility index (Phi) is 3.61. The summed E-state index contributed by atoms with van der Waals surface area (Å²) in [6, 6.07) is 17.9. The summed E-state index contributed by atoms with van der Waals surface area (Å²) in [5.41, 5.74) is 2.49. The van der Waals surface area contributed by atoms with Crippen LogP contribution < -0.4 is 4.74 Å². The van der Waals surface area contributed by atoms with E-state index in [0.717, 1.165) is 11.5 Å². The fourth-order valence-corrected chi connectivity index (χ4v) is 1.59. The van der Waals surface area contributed by atoms with Gasteiger partial charge in [0.1, 0.15) is 11.5 Å². The van der Waals surface area contributed by atoms with Crippen molar-refractivity contribution >= 4 is 6.08 Å². The summed E-state index contributed by atoms with van der Waals surface area (Å²) < 4.78 is 5.72. The number of hydrogen-bond acceptors (Lipinski definition) is 1. The van der Waals surface area contributed by atoms with E-state index in [0.29, 0.717) is 0 Å². The Morgan fingerprint density at radius 2 is 1.41 bits per heavy atom. The molecule has 0 saturated heterocycles. The predicted octanol–water partition coefficient (Wildman–Crippen LogP) is 4.90. The van der Waals surface area contributed by atoms with Crippen LogP contribution >= 0.6 is 0 Å². The van der Waals surface area contributed by atoms with E-state index < -0.39 is 0 Å². The van der Waals surface area contributed by atoms with Gasteiger partial charge in [-0.3, -0.25) is 0 Å². The number of para-hydroxylation sites is 1. The minimum atomic E-state index is 0.863. The van der Waals surface area contributed by atoms with Gasteiger partial charge in [0.05, 0.1) is 0 Å². The summed E-state index contributed by atoms with van der Waals surface area (Å²) in [5.74, 6) is 1.73. The van der Waals surface area contributed by atoms with Crippen LogP contribution in [0.5, 0.6) is 11.5 Å². The highest BCUT2D eigenvalue weighted by atomic mass is 16.5. The van der Waals surface area contributed by atoms with E-state index in [2.05, 4.69) is 32.1 Å². The van der Waals surface area contributed by atoms with Crippen molar-refractivity contribution in [2.75, 3.05) is 0 Å². The van der Waals surface area contributed by atoms with E-state index in [4.69, 9.17) is 4.74 Å². The summed E-state index contributed by atoms with van der Waals surface area (Å²) in [6.45, 7) is 4.18. The average Bonchev–Trinajstić information content (AvgIpc) is 2.32. The molecule has 2 rings (SSSR count). The summed E-state index contributed by atoms with van der Waals surface area (Å²) in [4.78, 5) is 0. The van der Waals surface area contributed by atoms with Gasteiger partial charge < -0.3 is 4.74 Å². The molecule has 0 aromatic heterocycles. The van der Waals surface area contributed by atoms with Gasteiger partial charge in [-0.05, 0) is 43.7 Å². The monoisotopic (exact) mass is 224 g/mol. The molecule has 2 aromatic rings. The fraction of sp³-hybridized carbons (Fsp3) is 0.125. The maximum absolute atomic E-state index is 5.72. The smallest absolute Gasteiger partial charge is 0.127 e. The number of ether oxygens (including phenoxy) is 1. The Hall–Kier alpha value is -2.02. The van der Waals surface area contributed by atoms with Gasteiger partial charge in [-0.25, -0.2) is 0 Å². The fourth-order valence-electron chi connectivity index (χ4n) is 1.59. The van der Waals surface area contributed by atoms with Crippen molar-refractivity contribution < 1.29 is 4.74 Å². The van der Waals surface area contributed by atoms with Crippen LogP contribution in [0.15, 0.2) is 60.2 Å². The Bertz CT molecular complexity index is 491. The molecule has 0 heterocycles. The van der Waals surface area contributed by atoms with Gasteiger partial charge in [-0.1, -0.05) is 42.0 Å². The second-order valence-electron chi connectivity index (χ2n) is 4.21. The number of benzene rings is 2. The van der Waals surface area contributed by atoms with Crippen molar-refractivity contribution in [3.63, 3.8) is 0 Å². The molecule has 86 valence electrons. The lowest BCUT2D eigenvalue weighted by Crippen LogP contribution is -1.83. The SMILES string of the molecule is CC(C)=Cc1ccc(Oc2ccccc2)cc1. The highest BCUT2D eigenvalue weighted by Crippen LogP contribution is 2.21. The summed E-state index contributed by atoms with van der Waals surface area (Å²) in [5, 5.41) is 0. The first kappa shape index (κ1) is 11.5. The molecular formula is C16H16O. The Balaban J connectivity index is 2.11. The highest BCUT2D eigenvalue weighted by molar-refractivity contribution is 5.53. The molecular weight excluding hydrogens is 208 g/mol. The van der Waals surface area contributed by atoms with Gasteiger partial charge in [-0.2, -0.15) is 0 Å². The van der Waals surface area contributed by atoms with Crippen LogP contribution in [0.2, 0.25) is 0 Å². The zero-order chi connectivity index (χ0) is 12.1. The predicted molar refractivity (Wildman–Crippen MR) is 72.3 cm³/mol. The molecule has 0 spiro atoms. The first-order chi connectivity index (χ1) is 8.24. The zero-order valence-electron chi connectivity index (χ0n) is 10.2. The third kappa shape index (κ3) is 3.49. The third-order valence-electron chi connectivity index (χ3n) is 2.31. The molecule has 0 unspecified atom stereocenters. The van der Waals surface area contributed by atoms with Crippen molar-refractivity contribution in [2.45, 2.75) is 13.8 Å². The van der Waals surface area contributed by atoms with Gasteiger partial charge in [0.2, 0.25) is 0 Å². The molecule has 1 heteroatoms. The summed E-state index contributed by atoms with van der Waals surface area (Å²) in [6.07, 6.45) is 2.15. The molecule has 0 radical (unpaired) electrons. The lowest BCUT2D eigenvalue weighted by atomic mass is 10.1. The van der Waals surface area contributed by atoms with Crippen LogP contribution in [0.3, 0.4) is 0 Å². The zero-order valence-corrected chi connectivity index (χ0v) is 10.2. The highest BCUT2D eigenvalue weighted by Gasteiger charge is 1.95. The summed E-state index contributed by atoms with van der Waals surface area (Å²) in [7, 11) is 0. The van der Waals surface area contributed by atoms with Crippen LogP contribution in [-0.2, 0) is 0 Å². The minimum absolute atomic E-state index is 0.863. The molecule has 0 saturated carbocycles. The number of allylic oxidation sites excluding steroid dienone is 1. The van der Waals surface area contributed by atoms with Crippen LogP contribution in [0.25, 0.3) is 6.08 Å². The van der Waals surface area contributed by atoms with E-state index >= 15 is 0 Å². The molecule has 0 aliphatic rings. The van der Waals surface area contributed by atoms with Crippen molar-refractivity contribution in [3.8, 4) is 11.5 Å². The molecule has 0 aliphatic carbocycles. The second kappa shape index (κ2) is 5.35. The van der Waals surface area contributed by atoms with Gasteiger partial charge >= 0.3 is 0 Å². The van der Waals surface area contributed by atoms with Crippen molar-refractivity contribution in [3.05, 3.63) is 65.7 Å². The second-order valence-corrected chi connectivity index (χ2v) is 4.21. The van der Waals surface area contributed by atoms with E-state index in [9.17, 15) is 0 Å². The van der Waals surface area contributed by atoms with Gasteiger partial charge in [0.15, 0.2) is 0 Å². The maximum Gasteiger partial charge on any atom is 0.127 e. The van der Waals surface area contributed by atoms with Crippen molar-refractivity contribution in [2.24, 2.45) is 0 Å². The van der Waals surface area contributed by atoms with E-state index in [1.165, 1.54) is 11.1 Å². The van der Waals surface area contributed by atoms with Crippen molar-refractivity contribution in [1.29, 1.82) is 0 Å². The van der Waals surface area contributed by atoms with E-state index in [-0.39, 0.29) is 0 Å². The minimum Gasteiger partial charge on any atom is -0.457 e. The van der Waals surface area contributed by atoms with E-state index in [1.54, 1.807) is 0 Å². The van der Waals surface area contributed by atoms with Gasteiger partial charge in [-0.15, -0.1) is 0 Å². The standard InChI is InChI=1S/C16H16O/c1-13(2)12-14-8-10-16(11-9-14)17-15-6-4-3-5-7-15/h3-12H,1-2H3. The van der Waals surface area contributed by atoms with Crippen LogP contribution in [0.1, 0.15) is 19.4 Å². The van der Waals surface area contributed by atoms with Gasteiger partial charge in [0.25, 0.3) is 0 Å². The average molecular weight is 224 g/mol. The first-order valence-electron chi connectivity index (χ1n) is 5.72. The maximum atomic E-state index is 5.72. The normalized spacial score (nSPS) is 9.76. The third-order valence-corrected chi connectivity index (χ3v) is 2.31. The number of rotatable bonds is 3. The number of hydrogen-bond donors (Lipinski definition) is 0. The molecule has 17 heavy (non-hydrogen) atoms. The molecule has 0 amide bonds. The first-order valence-corrected chi connectivity index (χ1v) is 5.72. The molecule has 0 N–H and O–H groups in total. The quantitative estimate of drug-likeness (QED) is 0.720. The Morgan fingerprint density at radius 1 is 0.824 bits per heavy atom. The molecule has 0 aliphatic heterocycles. The van der Waals surface area contributed by atoms with Gasteiger partial charge in [0, 0.05) is 0 Å². The topological polar surface area (TPSA) is 9.23 Å². The molecule has 0 fully saturated rings. The Morgan fingerprint density at radius 3 is 2.00 bits per heavy atom. The molecule has 0 bridgehead atoms. The summed E-state index contributed by atoms with van der Waals surface area (Å²) >= 11 is 0. The van der Waals surface area contributed by atoms with Crippen LogP contribution in [0.4, 0.5) is 0 Å². The van der Waals surface area contributed by atoms with Crippen molar-refractivity contribution in [1.82, 2.24) is 0 Å². The van der Waals surface area contributed by atoms with Crippen LogP contribution in [0, 0.1) is 0 Å². The van der Waals surface area contributed by atoms with Crippen LogP contribution in [-0.4, -0.2) is 0 Å². The molecule has 2 aromatic carbocycles. The lowest BCUT2D eigenvalue weighted by molar-refractivity contribution is 0.482. The molecule has 0 atom stereocenters.